The zero-order valence-corrected chi connectivity index (χ0v) is 16.7. The predicted octanol–water partition coefficient (Wildman–Crippen LogP) is 4.17. The molecule has 2 rings (SSSR count). The maximum Gasteiger partial charge on any atom is 0.271 e. The molecule has 1 amide bonds. The number of carbonyl (C=O) groups excluding carboxylic acids is 1. The molecule has 148 valence electrons. The fourth-order valence-corrected chi connectivity index (χ4v) is 2.68. The molecule has 8 nitrogen and oxygen atoms in total. The van der Waals surface area contributed by atoms with Crippen LogP contribution in [0.3, 0.4) is 0 Å². The molecule has 2 N–H and O–H groups in total. The lowest BCUT2D eigenvalue weighted by Crippen LogP contribution is -2.34. The normalized spacial score (nSPS) is 10.1. The molecule has 10 heteroatoms. The lowest BCUT2D eigenvalue weighted by molar-refractivity contribution is -0.384. The Morgan fingerprint density at radius 1 is 1.14 bits per heavy atom. The summed E-state index contributed by atoms with van der Waals surface area (Å²) in [5, 5.41) is 16.1. The van der Waals surface area contributed by atoms with Gasteiger partial charge in [-0.2, -0.15) is 0 Å². The van der Waals surface area contributed by atoms with Crippen LogP contribution in [0.15, 0.2) is 36.4 Å². The number of anilines is 1. The Morgan fingerprint density at radius 2 is 1.75 bits per heavy atom. The Hall–Kier alpha value is -2.91. The molecule has 2 aromatic carbocycles. The zero-order valence-electron chi connectivity index (χ0n) is 15.2. The summed E-state index contributed by atoms with van der Waals surface area (Å²) in [5.41, 5.74) is 0.477. The second kappa shape index (κ2) is 9.86. The summed E-state index contributed by atoms with van der Waals surface area (Å²) in [6.45, 7) is 4.55. The molecule has 0 aliphatic rings. The first kappa shape index (κ1) is 21.4. The molecule has 0 fully saturated rings. The minimum absolute atomic E-state index is 0.0134. The molecule has 28 heavy (non-hydrogen) atoms. The molecule has 0 unspecified atom stereocenters. The van der Waals surface area contributed by atoms with Gasteiger partial charge in [0.1, 0.15) is 11.5 Å². The largest absolute Gasteiger partial charge is 0.494 e. The Kier molecular flexibility index (Phi) is 7.53. The summed E-state index contributed by atoms with van der Waals surface area (Å²) >= 11 is 11.1. The highest BCUT2D eigenvalue weighted by Gasteiger charge is 2.14. The van der Waals surface area contributed by atoms with Crippen molar-refractivity contribution < 1.29 is 19.2 Å². The van der Waals surface area contributed by atoms with Gasteiger partial charge in [0.25, 0.3) is 11.6 Å². The van der Waals surface area contributed by atoms with Crippen molar-refractivity contribution in [3.8, 4) is 11.5 Å². The van der Waals surface area contributed by atoms with Gasteiger partial charge < -0.3 is 14.8 Å². The van der Waals surface area contributed by atoms with E-state index in [4.69, 9.17) is 33.3 Å². The molecular weight excluding hydrogens is 406 g/mol. The van der Waals surface area contributed by atoms with E-state index >= 15 is 0 Å². The van der Waals surface area contributed by atoms with Crippen molar-refractivity contribution in [2.24, 2.45) is 0 Å². The van der Waals surface area contributed by atoms with E-state index in [-0.39, 0.29) is 15.8 Å². The van der Waals surface area contributed by atoms with Crippen LogP contribution in [0.2, 0.25) is 5.02 Å². The SMILES string of the molecule is CCOc1cc(OCC)cc(C(=O)NC(=S)Nc2ccc([N+](=O)[O-])cc2Cl)c1. The second-order valence-corrected chi connectivity index (χ2v) is 6.20. The third-order valence-corrected chi connectivity index (χ3v) is 3.92. The quantitative estimate of drug-likeness (QED) is 0.391. The van der Waals surface area contributed by atoms with Crippen LogP contribution in [-0.4, -0.2) is 29.2 Å². The van der Waals surface area contributed by atoms with E-state index in [0.717, 1.165) is 0 Å². The summed E-state index contributed by atoms with van der Waals surface area (Å²) in [6.07, 6.45) is 0. The van der Waals surface area contributed by atoms with Crippen LogP contribution in [0.25, 0.3) is 0 Å². The lowest BCUT2D eigenvalue weighted by atomic mass is 10.2. The van der Waals surface area contributed by atoms with Gasteiger partial charge in [0.15, 0.2) is 5.11 Å². The van der Waals surface area contributed by atoms with Crippen LogP contribution < -0.4 is 20.1 Å². The minimum atomic E-state index is -0.558. The van der Waals surface area contributed by atoms with Crippen LogP contribution in [0, 0.1) is 10.1 Å². The van der Waals surface area contributed by atoms with E-state index in [0.29, 0.717) is 36.0 Å². The number of nitro benzene ring substituents is 1. The fraction of sp³-hybridized carbons (Fsp3) is 0.222. The summed E-state index contributed by atoms with van der Waals surface area (Å²) < 4.78 is 10.9. The Labute approximate surface area is 171 Å². The Bertz CT molecular complexity index is 883. The van der Waals surface area contributed by atoms with E-state index in [1.165, 1.54) is 18.2 Å². The zero-order chi connectivity index (χ0) is 20.7. The van der Waals surface area contributed by atoms with Crippen molar-refractivity contribution in [2.75, 3.05) is 18.5 Å². The number of halogens is 1. The highest BCUT2D eigenvalue weighted by atomic mass is 35.5. The number of nitrogens with one attached hydrogen (secondary N) is 2. The molecule has 2 aromatic rings. The molecule has 0 saturated heterocycles. The van der Waals surface area contributed by atoms with Crippen molar-refractivity contribution in [3.05, 3.63) is 57.1 Å². The number of amides is 1. The number of thiocarbonyl (C=S) groups is 1. The highest BCUT2D eigenvalue weighted by Crippen LogP contribution is 2.27. The topological polar surface area (TPSA) is 103 Å². The number of nitro groups is 1. The number of carbonyl (C=O) groups is 1. The second-order valence-electron chi connectivity index (χ2n) is 5.39. The van der Waals surface area contributed by atoms with Gasteiger partial charge in [0.05, 0.1) is 28.8 Å². The number of rotatable bonds is 7. The summed E-state index contributed by atoms with van der Waals surface area (Å²) in [5.74, 6) is 0.518. The maximum atomic E-state index is 12.5. The van der Waals surface area contributed by atoms with Crippen molar-refractivity contribution in [1.29, 1.82) is 0 Å². The van der Waals surface area contributed by atoms with Crippen molar-refractivity contribution in [1.82, 2.24) is 5.32 Å². The average molecular weight is 424 g/mol. The smallest absolute Gasteiger partial charge is 0.271 e. The average Bonchev–Trinajstić information content (AvgIpc) is 2.63. The molecule has 0 aliphatic heterocycles. The first-order valence-electron chi connectivity index (χ1n) is 8.31. The van der Waals surface area contributed by atoms with Crippen LogP contribution in [-0.2, 0) is 0 Å². The van der Waals surface area contributed by atoms with Crippen molar-refractivity contribution >= 4 is 46.2 Å². The van der Waals surface area contributed by atoms with Crippen LogP contribution in [0.4, 0.5) is 11.4 Å². The van der Waals surface area contributed by atoms with E-state index in [2.05, 4.69) is 10.6 Å². The van der Waals surface area contributed by atoms with Gasteiger partial charge in [-0.25, -0.2) is 0 Å². The molecule has 0 bridgehead atoms. The minimum Gasteiger partial charge on any atom is -0.494 e. The van der Waals surface area contributed by atoms with Crippen LogP contribution in [0.1, 0.15) is 24.2 Å². The summed E-state index contributed by atoms with van der Waals surface area (Å²) in [7, 11) is 0. The van der Waals surface area contributed by atoms with Crippen LogP contribution >= 0.6 is 23.8 Å². The van der Waals surface area contributed by atoms with E-state index in [1.807, 2.05) is 13.8 Å². The monoisotopic (exact) mass is 423 g/mol. The van der Waals surface area contributed by atoms with Gasteiger partial charge in [-0.05, 0) is 44.3 Å². The lowest BCUT2D eigenvalue weighted by Gasteiger charge is -2.13. The van der Waals surface area contributed by atoms with Crippen LogP contribution in [0.5, 0.6) is 11.5 Å². The van der Waals surface area contributed by atoms with Gasteiger partial charge in [-0.1, -0.05) is 11.6 Å². The van der Waals surface area contributed by atoms with E-state index in [9.17, 15) is 14.9 Å². The first-order valence-corrected chi connectivity index (χ1v) is 9.09. The van der Waals surface area contributed by atoms with Gasteiger partial charge >= 0.3 is 0 Å². The predicted molar refractivity (Wildman–Crippen MR) is 111 cm³/mol. The first-order chi connectivity index (χ1) is 13.3. The molecule has 0 radical (unpaired) electrons. The molecule has 0 aromatic heterocycles. The third-order valence-electron chi connectivity index (χ3n) is 3.40. The molecular formula is C18H18ClN3O5S. The third kappa shape index (κ3) is 5.80. The Morgan fingerprint density at radius 3 is 2.25 bits per heavy atom. The van der Waals surface area contributed by atoms with Gasteiger partial charge in [0, 0.05) is 23.8 Å². The van der Waals surface area contributed by atoms with Crippen molar-refractivity contribution in [2.45, 2.75) is 13.8 Å². The molecule has 0 aliphatic carbocycles. The number of benzene rings is 2. The maximum absolute atomic E-state index is 12.5. The van der Waals surface area contributed by atoms with E-state index < -0.39 is 10.8 Å². The number of ether oxygens (including phenoxy) is 2. The summed E-state index contributed by atoms with van der Waals surface area (Å²) in [6, 6.07) is 8.71. The number of hydrogen-bond donors (Lipinski definition) is 2. The highest BCUT2D eigenvalue weighted by molar-refractivity contribution is 7.80. The fourth-order valence-electron chi connectivity index (χ4n) is 2.25. The molecule has 0 heterocycles. The molecule has 0 spiro atoms. The molecule has 0 atom stereocenters. The van der Waals surface area contributed by atoms with Gasteiger partial charge in [0.2, 0.25) is 0 Å². The standard InChI is InChI=1S/C18H18ClN3O5S/c1-3-26-13-7-11(8-14(10-13)27-4-2)17(23)21-18(28)20-16-6-5-12(22(24)25)9-15(16)19/h5-10H,3-4H2,1-2H3,(H2,20,21,23,28). The van der Waals surface area contributed by atoms with Crippen molar-refractivity contribution in [3.63, 3.8) is 0 Å². The number of hydrogen-bond acceptors (Lipinski definition) is 6. The summed E-state index contributed by atoms with van der Waals surface area (Å²) in [4.78, 5) is 22.7. The van der Waals surface area contributed by atoms with Gasteiger partial charge in [-0.3, -0.25) is 20.2 Å². The van der Waals surface area contributed by atoms with Gasteiger partial charge in [-0.15, -0.1) is 0 Å². The number of nitrogens with zero attached hydrogens (tertiary/aromatic N) is 1. The van der Waals surface area contributed by atoms with E-state index in [1.54, 1.807) is 18.2 Å². The number of non-ortho nitro benzene ring substituents is 1. The Balaban J connectivity index is 2.11. The molecule has 0 saturated carbocycles.